The van der Waals surface area contributed by atoms with Crippen LogP contribution in [0.5, 0.6) is 0 Å². The molecule has 1 N–H and O–H groups in total. The average molecular weight is 374 g/mol. The summed E-state index contributed by atoms with van der Waals surface area (Å²) in [7, 11) is 0. The Kier molecular flexibility index (Phi) is 5.99. The first-order valence-electron chi connectivity index (χ1n) is 6.68. The number of thioether (sulfide) groups is 1. The third-order valence-electron chi connectivity index (χ3n) is 2.96. The number of benzene rings is 1. The first-order valence-corrected chi connectivity index (χ1v) is 8.04. The van der Waals surface area contributed by atoms with Crippen LogP contribution in [0.4, 0.5) is 16.2 Å². The van der Waals surface area contributed by atoms with Crippen LogP contribution in [0.25, 0.3) is 0 Å². The second-order valence-electron chi connectivity index (χ2n) is 4.66. The third-order valence-corrected chi connectivity index (χ3v) is 4.09. The molecule has 1 saturated heterocycles. The van der Waals surface area contributed by atoms with E-state index >= 15 is 0 Å². The van der Waals surface area contributed by atoms with Crippen molar-refractivity contribution in [2.45, 2.75) is 0 Å². The predicted molar refractivity (Wildman–Crippen MR) is 87.1 cm³/mol. The molecule has 2 rings (SSSR count). The smallest absolute Gasteiger partial charge is 0.326 e. The van der Waals surface area contributed by atoms with Gasteiger partial charge in [0, 0.05) is 23.4 Å². The Morgan fingerprint density at radius 2 is 2.21 bits per heavy atom. The van der Waals surface area contributed by atoms with Crippen LogP contribution in [0.1, 0.15) is 0 Å². The summed E-state index contributed by atoms with van der Waals surface area (Å²) >= 11 is 6.78. The normalized spacial score (nSPS) is 13.7. The van der Waals surface area contributed by atoms with Gasteiger partial charge in [-0.15, -0.1) is 0 Å². The highest BCUT2D eigenvalue weighted by molar-refractivity contribution is 8.13. The molecule has 1 aromatic carbocycles. The SMILES string of the molecule is O=C(COC(=O)CN1CCSC1=O)Nc1ccc(Cl)cc1[N+](=O)[O-]. The largest absolute Gasteiger partial charge is 0.454 e. The molecule has 11 heteroatoms. The van der Waals surface area contributed by atoms with Gasteiger partial charge in [-0.05, 0) is 12.1 Å². The van der Waals surface area contributed by atoms with Gasteiger partial charge < -0.3 is 15.0 Å². The average Bonchev–Trinajstić information content (AvgIpc) is 2.92. The third kappa shape index (κ3) is 4.83. The number of amides is 2. The Morgan fingerprint density at radius 3 is 2.83 bits per heavy atom. The number of anilines is 1. The molecule has 0 spiro atoms. The van der Waals surface area contributed by atoms with Crippen molar-refractivity contribution in [2.24, 2.45) is 0 Å². The molecule has 0 atom stereocenters. The Balaban J connectivity index is 1.86. The van der Waals surface area contributed by atoms with E-state index in [0.29, 0.717) is 12.3 Å². The second kappa shape index (κ2) is 7.97. The second-order valence-corrected chi connectivity index (χ2v) is 6.15. The van der Waals surface area contributed by atoms with E-state index < -0.39 is 23.4 Å². The van der Waals surface area contributed by atoms with Crippen molar-refractivity contribution in [3.05, 3.63) is 33.3 Å². The van der Waals surface area contributed by atoms with Gasteiger partial charge in [-0.1, -0.05) is 23.4 Å². The quantitative estimate of drug-likeness (QED) is 0.459. The Bertz CT molecular complexity index is 698. The molecule has 1 aromatic rings. The van der Waals surface area contributed by atoms with Crippen LogP contribution < -0.4 is 5.32 Å². The zero-order valence-electron chi connectivity index (χ0n) is 12.2. The summed E-state index contributed by atoms with van der Waals surface area (Å²) in [5.74, 6) is -0.866. The van der Waals surface area contributed by atoms with E-state index in [4.69, 9.17) is 16.3 Å². The van der Waals surface area contributed by atoms with Crippen molar-refractivity contribution in [2.75, 3.05) is 30.8 Å². The summed E-state index contributed by atoms with van der Waals surface area (Å²) in [6, 6.07) is 3.76. The van der Waals surface area contributed by atoms with E-state index in [1.165, 1.54) is 17.0 Å². The van der Waals surface area contributed by atoms with Crippen molar-refractivity contribution in [1.29, 1.82) is 0 Å². The molecular weight excluding hydrogens is 362 g/mol. The van der Waals surface area contributed by atoms with Crippen LogP contribution in [0.15, 0.2) is 18.2 Å². The van der Waals surface area contributed by atoms with Gasteiger partial charge in [0.15, 0.2) is 6.61 Å². The maximum absolute atomic E-state index is 11.7. The van der Waals surface area contributed by atoms with Crippen LogP contribution in [-0.4, -0.2) is 52.4 Å². The lowest BCUT2D eigenvalue weighted by molar-refractivity contribution is -0.383. The predicted octanol–water partition coefficient (Wildman–Crippen LogP) is 1.90. The highest BCUT2D eigenvalue weighted by atomic mass is 35.5. The lowest BCUT2D eigenvalue weighted by Crippen LogP contribution is -2.32. The number of hydrogen-bond acceptors (Lipinski definition) is 7. The number of ether oxygens (including phenoxy) is 1. The summed E-state index contributed by atoms with van der Waals surface area (Å²) in [5.41, 5.74) is -0.432. The van der Waals surface area contributed by atoms with Gasteiger partial charge >= 0.3 is 5.97 Å². The van der Waals surface area contributed by atoms with Crippen molar-refractivity contribution in [3.8, 4) is 0 Å². The monoisotopic (exact) mass is 373 g/mol. The van der Waals surface area contributed by atoms with Crippen LogP contribution in [0, 0.1) is 10.1 Å². The molecule has 1 heterocycles. The molecule has 128 valence electrons. The van der Waals surface area contributed by atoms with E-state index in [1.807, 2.05) is 0 Å². The van der Waals surface area contributed by atoms with Crippen LogP contribution in [0.2, 0.25) is 5.02 Å². The van der Waals surface area contributed by atoms with Crippen molar-refractivity contribution >= 4 is 51.9 Å². The highest BCUT2D eigenvalue weighted by Gasteiger charge is 2.24. The fourth-order valence-electron chi connectivity index (χ4n) is 1.86. The summed E-state index contributed by atoms with van der Waals surface area (Å²) in [4.78, 5) is 46.2. The van der Waals surface area contributed by atoms with Gasteiger partial charge in [-0.25, -0.2) is 0 Å². The zero-order chi connectivity index (χ0) is 17.7. The molecule has 9 nitrogen and oxygen atoms in total. The van der Waals surface area contributed by atoms with E-state index in [1.54, 1.807) is 0 Å². The summed E-state index contributed by atoms with van der Waals surface area (Å²) in [6.45, 7) is -0.407. The van der Waals surface area contributed by atoms with Gasteiger partial charge in [0.25, 0.3) is 16.8 Å². The number of esters is 1. The Morgan fingerprint density at radius 1 is 1.46 bits per heavy atom. The number of nitrogens with one attached hydrogen (secondary N) is 1. The maximum atomic E-state index is 11.7. The minimum Gasteiger partial charge on any atom is -0.454 e. The molecule has 0 unspecified atom stereocenters. The number of hydrogen-bond donors (Lipinski definition) is 1. The number of nitrogens with zero attached hydrogens (tertiary/aromatic N) is 2. The summed E-state index contributed by atoms with van der Waals surface area (Å²) in [5, 5.41) is 13.1. The van der Waals surface area contributed by atoms with Gasteiger partial charge in [0.1, 0.15) is 12.2 Å². The van der Waals surface area contributed by atoms with E-state index in [0.717, 1.165) is 17.8 Å². The van der Waals surface area contributed by atoms with Crippen LogP contribution in [-0.2, 0) is 14.3 Å². The molecule has 0 aromatic heterocycles. The molecule has 1 aliphatic rings. The molecule has 0 radical (unpaired) electrons. The molecule has 2 amide bonds. The molecule has 0 bridgehead atoms. The Labute approximate surface area is 145 Å². The van der Waals surface area contributed by atoms with E-state index in [9.17, 15) is 24.5 Å². The molecule has 1 fully saturated rings. The topological polar surface area (TPSA) is 119 Å². The number of carbonyl (C=O) groups is 3. The standard InChI is InChI=1S/C13H12ClN3O6S/c14-8-1-2-9(10(5-8)17(21)22)15-11(18)7-23-12(19)6-16-3-4-24-13(16)20/h1-2,5H,3-4,6-7H2,(H,15,18). The van der Waals surface area contributed by atoms with Crippen LogP contribution in [0.3, 0.4) is 0 Å². The number of nitro benzene ring substituents is 1. The zero-order valence-corrected chi connectivity index (χ0v) is 13.8. The first-order chi connectivity index (χ1) is 11.4. The maximum Gasteiger partial charge on any atom is 0.326 e. The van der Waals surface area contributed by atoms with Gasteiger partial charge in [0.05, 0.1) is 4.92 Å². The van der Waals surface area contributed by atoms with Crippen molar-refractivity contribution in [3.63, 3.8) is 0 Å². The Hall–Kier alpha value is -2.33. The lowest BCUT2D eigenvalue weighted by atomic mass is 10.2. The van der Waals surface area contributed by atoms with Crippen molar-refractivity contribution in [1.82, 2.24) is 4.90 Å². The summed E-state index contributed by atoms with van der Waals surface area (Å²) in [6.07, 6.45) is 0. The van der Waals surface area contributed by atoms with Crippen LogP contribution >= 0.6 is 23.4 Å². The van der Waals surface area contributed by atoms with Gasteiger partial charge in [-0.3, -0.25) is 24.5 Å². The van der Waals surface area contributed by atoms with Gasteiger partial charge in [0.2, 0.25) is 0 Å². The lowest BCUT2D eigenvalue weighted by Gasteiger charge is -2.13. The van der Waals surface area contributed by atoms with E-state index in [2.05, 4.69) is 5.32 Å². The molecule has 24 heavy (non-hydrogen) atoms. The van der Waals surface area contributed by atoms with Crippen molar-refractivity contribution < 1.29 is 24.0 Å². The minimum absolute atomic E-state index is 0.0587. The molecule has 0 saturated carbocycles. The molecular formula is C13H12ClN3O6S. The van der Waals surface area contributed by atoms with E-state index in [-0.39, 0.29) is 28.2 Å². The fraction of sp³-hybridized carbons (Fsp3) is 0.308. The first kappa shape index (κ1) is 18.0. The number of rotatable bonds is 6. The van der Waals surface area contributed by atoms with Gasteiger partial charge in [-0.2, -0.15) is 0 Å². The minimum atomic E-state index is -0.740. The number of carbonyl (C=O) groups excluding carboxylic acids is 3. The molecule has 0 aliphatic carbocycles. The number of halogens is 1. The molecule has 1 aliphatic heterocycles. The highest BCUT2D eigenvalue weighted by Crippen LogP contribution is 2.27. The number of nitro groups is 1. The summed E-state index contributed by atoms with van der Waals surface area (Å²) < 4.78 is 4.76. The fourth-order valence-corrected chi connectivity index (χ4v) is 2.86.